The third-order valence-corrected chi connectivity index (χ3v) is 4.22. The van der Waals surface area contributed by atoms with E-state index in [1.807, 2.05) is 0 Å². The SMILES string of the molecule is C=C(C)c1ccc(C)cc1CCC1CCC[C@@H]1N. The summed E-state index contributed by atoms with van der Waals surface area (Å²) in [6, 6.07) is 7.13. The summed E-state index contributed by atoms with van der Waals surface area (Å²) in [5.41, 5.74) is 11.4. The molecule has 0 amide bonds. The van der Waals surface area contributed by atoms with Gasteiger partial charge in [0.05, 0.1) is 0 Å². The average Bonchev–Trinajstić information content (AvgIpc) is 2.72. The van der Waals surface area contributed by atoms with Crippen molar-refractivity contribution in [3.05, 3.63) is 41.5 Å². The molecule has 0 radical (unpaired) electrons. The van der Waals surface area contributed by atoms with Crippen molar-refractivity contribution in [1.29, 1.82) is 0 Å². The van der Waals surface area contributed by atoms with E-state index >= 15 is 0 Å². The second-order valence-electron chi connectivity index (χ2n) is 5.83. The van der Waals surface area contributed by atoms with Gasteiger partial charge in [-0.2, -0.15) is 0 Å². The summed E-state index contributed by atoms with van der Waals surface area (Å²) in [6.45, 7) is 8.34. The van der Waals surface area contributed by atoms with Crippen LogP contribution in [0.1, 0.15) is 49.3 Å². The van der Waals surface area contributed by atoms with E-state index in [1.54, 1.807) is 0 Å². The highest BCUT2D eigenvalue weighted by molar-refractivity contribution is 5.65. The van der Waals surface area contributed by atoms with Gasteiger partial charge in [0.25, 0.3) is 0 Å². The average molecular weight is 243 g/mol. The first-order valence-electron chi connectivity index (χ1n) is 7.09. The number of aryl methyl sites for hydroxylation is 2. The van der Waals surface area contributed by atoms with E-state index in [0.717, 1.165) is 12.3 Å². The summed E-state index contributed by atoms with van der Waals surface area (Å²) in [7, 11) is 0. The first kappa shape index (κ1) is 13.4. The third-order valence-electron chi connectivity index (χ3n) is 4.22. The lowest BCUT2D eigenvalue weighted by Crippen LogP contribution is -2.24. The monoisotopic (exact) mass is 243 g/mol. The van der Waals surface area contributed by atoms with Gasteiger partial charge in [-0.3, -0.25) is 0 Å². The van der Waals surface area contributed by atoms with Crippen molar-refractivity contribution < 1.29 is 0 Å². The number of rotatable bonds is 4. The van der Waals surface area contributed by atoms with Gasteiger partial charge in [-0.05, 0) is 56.6 Å². The van der Waals surface area contributed by atoms with Gasteiger partial charge >= 0.3 is 0 Å². The molecule has 2 rings (SSSR count). The zero-order chi connectivity index (χ0) is 13.1. The standard InChI is InChI=1S/C17H25N/c1-12(2)16-10-7-13(3)11-15(16)9-8-14-5-4-6-17(14)18/h7,10-11,14,17H,1,4-6,8-9,18H2,2-3H3/t14?,17-/m0/s1. The Morgan fingerprint density at radius 1 is 1.39 bits per heavy atom. The molecule has 1 aromatic rings. The predicted octanol–water partition coefficient (Wildman–Crippen LogP) is 4.09. The van der Waals surface area contributed by atoms with Crippen LogP contribution >= 0.6 is 0 Å². The number of hydrogen-bond acceptors (Lipinski definition) is 1. The molecule has 2 N–H and O–H groups in total. The Morgan fingerprint density at radius 3 is 2.78 bits per heavy atom. The molecule has 0 heterocycles. The maximum atomic E-state index is 6.15. The smallest absolute Gasteiger partial charge is 0.00672 e. The van der Waals surface area contributed by atoms with Crippen molar-refractivity contribution in [3.8, 4) is 0 Å². The van der Waals surface area contributed by atoms with Gasteiger partial charge in [0.1, 0.15) is 0 Å². The molecule has 1 nitrogen and oxygen atoms in total. The largest absolute Gasteiger partial charge is 0.327 e. The molecule has 0 saturated heterocycles. The molecule has 1 fully saturated rings. The van der Waals surface area contributed by atoms with Crippen molar-refractivity contribution in [3.63, 3.8) is 0 Å². The van der Waals surface area contributed by atoms with Crippen molar-refractivity contribution in [1.82, 2.24) is 0 Å². The van der Waals surface area contributed by atoms with Crippen LogP contribution in [-0.4, -0.2) is 6.04 Å². The van der Waals surface area contributed by atoms with Crippen molar-refractivity contribution in [2.75, 3.05) is 0 Å². The zero-order valence-corrected chi connectivity index (χ0v) is 11.7. The van der Waals surface area contributed by atoms with Gasteiger partial charge in [-0.1, -0.05) is 42.3 Å². The van der Waals surface area contributed by atoms with Crippen molar-refractivity contribution in [2.45, 2.75) is 52.0 Å². The molecule has 0 spiro atoms. The molecular formula is C17H25N. The van der Waals surface area contributed by atoms with Gasteiger partial charge in [0, 0.05) is 6.04 Å². The fraction of sp³-hybridized carbons (Fsp3) is 0.529. The molecule has 2 atom stereocenters. The van der Waals surface area contributed by atoms with Crippen LogP contribution in [0.2, 0.25) is 0 Å². The van der Waals surface area contributed by atoms with Gasteiger partial charge in [-0.25, -0.2) is 0 Å². The highest BCUT2D eigenvalue weighted by atomic mass is 14.7. The molecule has 18 heavy (non-hydrogen) atoms. The van der Waals surface area contributed by atoms with Crippen LogP contribution < -0.4 is 5.73 Å². The summed E-state index contributed by atoms with van der Waals surface area (Å²) in [5, 5.41) is 0. The first-order chi connectivity index (χ1) is 8.58. The molecule has 1 unspecified atom stereocenters. The number of hydrogen-bond donors (Lipinski definition) is 1. The summed E-state index contributed by atoms with van der Waals surface area (Å²) in [6.07, 6.45) is 6.21. The first-order valence-corrected chi connectivity index (χ1v) is 7.09. The van der Waals surface area contributed by atoms with Crippen LogP contribution in [-0.2, 0) is 6.42 Å². The number of benzene rings is 1. The second-order valence-corrected chi connectivity index (χ2v) is 5.83. The Balaban J connectivity index is 2.08. The lowest BCUT2D eigenvalue weighted by atomic mass is 9.91. The van der Waals surface area contributed by atoms with Gasteiger partial charge < -0.3 is 5.73 Å². The normalized spacial score (nSPS) is 23.3. The number of nitrogens with two attached hydrogens (primary N) is 1. The van der Waals surface area contributed by atoms with Crippen LogP contribution in [0.3, 0.4) is 0 Å². The Labute approximate surface area is 111 Å². The van der Waals surface area contributed by atoms with Crippen LogP contribution in [0, 0.1) is 12.8 Å². The summed E-state index contributed by atoms with van der Waals surface area (Å²) < 4.78 is 0. The molecule has 0 aliphatic heterocycles. The molecule has 1 aromatic carbocycles. The molecule has 1 aliphatic carbocycles. The maximum absolute atomic E-state index is 6.15. The minimum absolute atomic E-state index is 0.433. The van der Waals surface area contributed by atoms with Gasteiger partial charge in [0.15, 0.2) is 0 Å². The van der Waals surface area contributed by atoms with E-state index in [1.165, 1.54) is 47.9 Å². The quantitative estimate of drug-likeness (QED) is 0.847. The van der Waals surface area contributed by atoms with E-state index in [9.17, 15) is 0 Å². The molecule has 1 saturated carbocycles. The highest BCUT2D eigenvalue weighted by Crippen LogP contribution is 2.29. The minimum atomic E-state index is 0.433. The van der Waals surface area contributed by atoms with Crippen LogP contribution in [0.5, 0.6) is 0 Å². The molecule has 1 aliphatic rings. The van der Waals surface area contributed by atoms with Crippen molar-refractivity contribution in [2.24, 2.45) is 11.7 Å². The Bertz CT molecular complexity index is 433. The second kappa shape index (κ2) is 5.71. The molecule has 0 bridgehead atoms. The fourth-order valence-electron chi connectivity index (χ4n) is 3.11. The topological polar surface area (TPSA) is 26.0 Å². The molecule has 98 valence electrons. The predicted molar refractivity (Wildman–Crippen MR) is 79.5 cm³/mol. The van der Waals surface area contributed by atoms with E-state index in [4.69, 9.17) is 5.73 Å². The highest BCUT2D eigenvalue weighted by Gasteiger charge is 2.23. The maximum Gasteiger partial charge on any atom is 0.00672 e. The molecule has 1 heteroatoms. The lowest BCUT2D eigenvalue weighted by Gasteiger charge is -2.17. The zero-order valence-electron chi connectivity index (χ0n) is 11.7. The van der Waals surface area contributed by atoms with E-state index in [2.05, 4.69) is 38.6 Å². The van der Waals surface area contributed by atoms with E-state index in [0.29, 0.717) is 6.04 Å². The van der Waals surface area contributed by atoms with Crippen LogP contribution in [0.15, 0.2) is 24.8 Å². The molecule has 0 aromatic heterocycles. The summed E-state index contributed by atoms with van der Waals surface area (Å²) in [5.74, 6) is 0.725. The summed E-state index contributed by atoms with van der Waals surface area (Å²) in [4.78, 5) is 0. The Morgan fingerprint density at radius 2 is 2.17 bits per heavy atom. The van der Waals surface area contributed by atoms with E-state index < -0.39 is 0 Å². The minimum Gasteiger partial charge on any atom is -0.327 e. The summed E-state index contributed by atoms with van der Waals surface area (Å²) >= 11 is 0. The van der Waals surface area contributed by atoms with Crippen LogP contribution in [0.4, 0.5) is 0 Å². The Hall–Kier alpha value is -1.08. The Kier molecular flexibility index (Phi) is 4.23. The van der Waals surface area contributed by atoms with Crippen LogP contribution in [0.25, 0.3) is 5.57 Å². The van der Waals surface area contributed by atoms with Gasteiger partial charge in [0.2, 0.25) is 0 Å². The molecular weight excluding hydrogens is 218 g/mol. The fourth-order valence-corrected chi connectivity index (χ4v) is 3.11. The van der Waals surface area contributed by atoms with E-state index in [-0.39, 0.29) is 0 Å². The third kappa shape index (κ3) is 3.02. The van der Waals surface area contributed by atoms with Gasteiger partial charge in [-0.15, -0.1) is 0 Å². The lowest BCUT2D eigenvalue weighted by molar-refractivity contribution is 0.447. The number of allylic oxidation sites excluding steroid dienone is 1. The van der Waals surface area contributed by atoms with Crippen molar-refractivity contribution >= 4 is 5.57 Å².